The van der Waals surface area contributed by atoms with E-state index in [0.717, 1.165) is 45.3 Å². The van der Waals surface area contributed by atoms with Gasteiger partial charge in [-0.25, -0.2) is 0 Å². The number of hydrogen-bond donors (Lipinski definition) is 2. The van der Waals surface area contributed by atoms with Crippen LogP contribution in [-0.2, 0) is 19.1 Å². The number of methoxy groups -OCH3 is 2. The number of carbonyl (C=O) groups is 2. The number of carbonyl (C=O) groups excluding carboxylic acids is 2. The summed E-state index contributed by atoms with van der Waals surface area (Å²) in [6, 6.07) is -0.0428. The molecule has 0 aliphatic carbocycles. The zero-order valence-electron chi connectivity index (χ0n) is 14.4. The Hall–Kier alpha value is -1.14. The van der Waals surface area contributed by atoms with E-state index in [1.807, 2.05) is 13.8 Å². The van der Waals surface area contributed by atoms with Crippen LogP contribution in [0.1, 0.15) is 46.0 Å². The Bertz CT molecular complexity index is 269. The summed E-state index contributed by atoms with van der Waals surface area (Å²) in [5.74, 6) is -0.106. The molecule has 0 aromatic heterocycles. The molecule has 22 heavy (non-hydrogen) atoms. The van der Waals surface area contributed by atoms with E-state index in [0.29, 0.717) is 0 Å². The molecule has 2 aliphatic rings. The van der Waals surface area contributed by atoms with Crippen molar-refractivity contribution in [1.29, 1.82) is 0 Å². The second kappa shape index (κ2) is 13.5. The van der Waals surface area contributed by atoms with Gasteiger partial charge in [-0.3, -0.25) is 9.59 Å². The molecule has 130 valence electrons. The summed E-state index contributed by atoms with van der Waals surface area (Å²) in [6.45, 7) is 6.76. The summed E-state index contributed by atoms with van der Waals surface area (Å²) < 4.78 is 9.20. The third-order valence-corrected chi connectivity index (χ3v) is 3.63. The Labute approximate surface area is 134 Å². The third-order valence-electron chi connectivity index (χ3n) is 3.63. The third kappa shape index (κ3) is 8.34. The summed E-state index contributed by atoms with van der Waals surface area (Å²) in [5, 5.41) is 6.24. The maximum absolute atomic E-state index is 10.9. The Balaban J connectivity index is 0.000000360. The minimum atomic E-state index is -0.125. The highest BCUT2D eigenvalue weighted by atomic mass is 16.5. The number of ether oxygens (including phenoxy) is 2. The van der Waals surface area contributed by atoms with Gasteiger partial charge in [0.2, 0.25) is 0 Å². The average Bonchev–Trinajstić information content (AvgIpc) is 2.64. The second-order valence-electron chi connectivity index (χ2n) is 5.09. The van der Waals surface area contributed by atoms with Gasteiger partial charge in [-0.05, 0) is 38.8 Å². The summed E-state index contributed by atoms with van der Waals surface area (Å²) in [5.41, 5.74) is 0. The molecule has 2 fully saturated rings. The summed E-state index contributed by atoms with van der Waals surface area (Å²) in [6.07, 6.45) is 5.28. The topological polar surface area (TPSA) is 76.7 Å². The zero-order chi connectivity index (χ0) is 16.8. The van der Waals surface area contributed by atoms with Gasteiger partial charge >= 0.3 is 11.9 Å². The summed E-state index contributed by atoms with van der Waals surface area (Å²) in [4.78, 5) is 21.8. The molecule has 2 aliphatic heterocycles. The Morgan fingerprint density at radius 2 is 1.59 bits per heavy atom. The molecule has 0 aromatic carbocycles. The lowest BCUT2D eigenvalue weighted by molar-refractivity contribution is -0.146. The van der Waals surface area contributed by atoms with E-state index in [9.17, 15) is 9.59 Å². The predicted octanol–water partition coefficient (Wildman–Crippen LogP) is 1.49. The van der Waals surface area contributed by atoms with Crippen LogP contribution in [0.25, 0.3) is 0 Å². The summed E-state index contributed by atoms with van der Waals surface area (Å²) >= 11 is 0. The van der Waals surface area contributed by atoms with Crippen LogP contribution in [0.2, 0.25) is 0 Å². The number of nitrogens with one attached hydrogen (secondary N) is 2. The van der Waals surface area contributed by atoms with Crippen molar-refractivity contribution >= 4 is 11.9 Å². The number of rotatable bonds is 2. The van der Waals surface area contributed by atoms with Crippen LogP contribution in [0.3, 0.4) is 0 Å². The smallest absolute Gasteiger partial charge is 0.322 e. The van der Waals surface area contributed by atoms with Gasteiger partial charge in [-0.2, -0.15) is 0 Å². The van der Waals surface area contributed by atoms with E-state index in [4.69, 9.17) is 0 Å². The molecule has 6 heteroatoms. The molecule has 6 nitrogen and oxygen atoms in total. The highest BCUT2D eigenvalue weighted by Crippen LogP contribution is 2.10. The molecule has 0 aromatic rings. The van der Waals surface area contributed by atoms with Gasteiger partial charge in [-0.15, -0.1) is 0 Å². The van der Waals surface area contributed by atoms with Crippen LogP contribution in [0.15, 0.2) is 0 Å². The van der Waals surface area contributed by atoms with Gasteiger partial charge < -0.3 is 20.1 Å². The Morgan fingerprint density at radius 3 is 2.05 bits per heavy atom. The molecular formula is C16H32N2O4. The van der Waals surface area contributed by atoms with Crippen LogP contribution in [0.5, 0.6) is 0 Å². The normalized spacial score (nSPS) is 23.8. The van der Waals surface area contributed by atoms with Crippen molar-refractivity contribution in [3.05, 3.63) is 0 Å². The fourth-order valence-electron chi connectivity index (χ4n) is 2.41. The first kappa shape index (κ1) is 20.9. The van der Waals surface area contributed by atoms with Gasteiger partial charge in [-0.1, -0.05) is 20.3 Å². The van der Waals surface area contributed by atoms with E-state index >= 15 is 0 Å². The average molecular weight is 316 g/mol. The molecule has 0 amide bonds. The van der Waals surface area contributed by atoms with Crippen LogP contribution < -0.4 is 10.6 Å². The summed E-state index contributed by atoms with van der Waals surface area (Å²) in [7, 11) is 2.87. The molecule has 2 heterocycles. The van der Waals surface area contributed by atoms with Gasteiger partial charge in [0.1, 0.15) is 6.04 Å². The van der Waals surface area contributed by atoms with E-state index < -0.39 is 0 Å². The molecular weight excluding hydrogens is 284 g/mol. The van der Waals surface area contributed by atoms with Gasteiger partial charge in [0, 0.05) is 6.54 Å². The SMILES string of the molecule is CC.COC(=O)C1CCCCN1.COC(=O)C1CCCNC1. The number of esters is 2. The fraction of sp³-hybridized carbons (Fsp3) is 0.875. The van der Waals surface area contributed by atoms with Gasteiger partial charge in [0.25, 0.3) is 0 Å². The van der Waals surface area contributed by atoms with Gasteiger partial charge in [0.15, 0.2) is 0 Å². The first-order valence-corrected chi connectivity index (χ1v) is 8.28. The quantitative estimate of drug-likeness (QED) is 0.752. The van der Waals surface area contributed by atoms with Gasteiger partial charge in [0.05, 0.1) is 20.1 Å². The van der Waals surface area contributed by atoms with Crippen LogP contribution in [-0.4, -0.2) is 51.8 Å². The molecule has 0 saturated carbocycles. The lowest BCUT2D eigenvalue weighted by Crippen LogP contribution is -2.40. The molecule has 2 unspecified atom stereocenters. The Kier molecular flexibility index (Phi) is 12.8. The van der Waals surface area contributed by atoms with Crippen molar-refractivity contribution in [1.82, 2.24) is 10.6 Å². The van der Waals surface area contributed by atoms with Crippen molar-refractivity contribution in [2.24, 2.45) is 5.92 Å². The maximum Gasteiger partial charge on any atom is 0.322 e. The molecule has 0 radical (unpaired) electrons. The van der Waals surface area contributed by atoms with E-state index in [1.54, 1.807) is 0 Å². The van der Waals surface area contributed by atoms with E-state index in [-0.39, 0.29) is 23.9 Å². The first-order valence-electron chi connectivity index (χ1n) is 8.28. The monoisotopic (exact) mass is 316 g/mol. The number of hydrogen-bond acceptors (Lipinski definition) is 6. The van der Waals surface area contributed by atoms with Crippen LogP contribution in [0, 0.1) is 5.92 Å². The maximum atomic E-state index is 10.9. The molecule has 2 rings (SSSR count). The molecule has 2 N–H and O–H groups in total. The highest BCUT2D eigenvalue weighted by Gasteiger charge is 2.21. The fourth-order valence-corrected chi connectivity index (χ4v) is 2.41. The highest BCUT2D eigenvalue weighted by molar-refractivity contribution is 5.75. The first-order chi connectivity index (χ1) is 10.7. The Morgan fingerprint density at radius 1 is 0.909 bits per heavy atom. The standard InChI is InChI=1S/2C7H13NO2.C2H6/c1-10-7(9)6-3-2-4-8-5-6;1-10-7(9)6-4-2-3-5-8-6;1-2/h2*6,8H,2-5H2,1H3;1-2H3. The minimum Gasteiger partial charge on any atom is -0.469 e. The molecule has 0 spiro atoms. The lowest BCUT2D eigenvalue weighted by Gasteiger charge is -2.20. The molecule has 0 bridgehead atoms. The van der Waals surface area contributed by atoms with Crippen LogP contribution in [0.4, 0.5) is 0 Å². The van der Waals surface area contributed by atoms with Crippen molar-refractivity contribution in [2.75, 3.05) is 33.9 Å². The van der Waals surface area contributed by atoms with Crippen molar-refractivity contribution in [2.45, 2.75) is 52.0 Å². The predicted molar refractivity (Wildman–Crippen MR) is 86.6 cm³/mol. The zero-order valence-corrected chi connectivity index (χ0v) is 14.4. The molecule has 2 atom stereocenters. The van der Waals surface area contributed by atoms with E-state index in [2.05, 4.69) is 20.1 Å². The minimum absolute atomic E-state index is 0.0428. The second-order valence-corrected chi connectivity index (χ2v) is 5.09. The van der Waals surface area contributed by atoms with Crippen LogP contribution >= 0.6 is 0 Å². The number of piperidine rings is 2. The molecule has 2 saturated heterocycles. The van der Waals surface area contributed by atoms with Crippen molar-refractivity contribution in [3.8, 4) is 0 Å². The van der Waals surface area contributed by atoms with Crippen molar-refractivity contribution in [3.63, 3.8) is 0 Å². The lowest BCUT2D eigenvalue weighted by atomic mass is 10.0. The van der Waals surface area contributed by atoms with E-state index in [1.165, 1.54) is 20.6 Å². The van der Waals surface area contributed by atoms with Crippen molar-refractivity contribution < 1.29 is 19.1 Å². The largest absolute Gasteiger partial charge is 0.469 e.